The SMILES string of the molecule is O=[N+]([O-])c1ccccc1N=c1scc(-c2cc3ccccc3o2)n1CCc1ccc(F)cc1. The average molecular weight is 460 g/mol. The number of fused-ring (bicyclic) bond motifs is 1. The number of benzene rings is 3. The van der Waals surface area contributed by atoms with Gasteiger partial charge in [0.05, 0.1) is 10.6 Å². The zero-order chi connectivity index (χ0) is 22.8. The summed E-state index contributed by atoms with van der Waals surface area (Å²) in [6, 6.07) is 22.5. The number of halogens is 1. The summed E-state index contributed by atoms with van der Waals surface area (Å²) >= 11 is 1.39. The second-order valence-corrected chi connectivity index (χ2v) is 8.27. The fourth-order valence-electron chi connectivity index (χ4n) is 3.65. The molecule has 0 amide bonds. The standard InChI is InChI=1S/C25H18FN3O3S/c26-19-11-9-17(10-12-19)13-14-28-22(24-15-18-5-1-4-8-23(18)32-24)16-33-25(28)27-20-6-2-3-7-21(20)29(30)31/h1-12,15-16H,13-14H2. The maximum Gasteiger partial charge on any atom is 0.294 e. The van der Waals surface area contributed by atoms with Crippen LogP contribution in [-0.2, 0) is 13.0 Å². The maximum atomic E-state index is 13.3. The van der Waals surface area contributed by atoms with Gasteiger partial charge in [0.1, 0.15) is 17.1 Å². The van der Waals surface area contributed by atoms with Crippen molar-refractivity contribution in [3.05, 3.63) is 111 Å². The first-order valence-corrected chi connectivity index (χ1v) is 11.2. The predicted octanol–water partition coefficient (Wildman–Crippen LogP) is 6.49. The summed E-state index contributed by atoms with van der Waals surface area (Å²) in [5.74, 6) is 0.410. The monoisotopic (exact) mass is 459 g/mol. The molecule has 8 heteroatoms. The summed E-state index contributed by atoms with van der Waals surface area (Å²) < 4.78 is 21.4. The van der Waals surface area contributed by atoms with Crippen LogP contribution in [0.3, 0.4) is 0 Å². The molecule has 0 N–H and O–H groups in total. The number of nitrogens with zero attached hydrogens (tertiary/aromatic N) is 3. The van der Waals surface area contributed by atoms with E-state index < -0.39 is 4.92 Å². The molecule has 2 heterocycles. The fraction of sp³-hybridized carbons (Fsp3) is 0.0800. The van der Waals surface area contributed by atoms with Gasteiger partial charge >= 0.3 is 0 Å². The van der Waals surface area contributed by atoms with Gasteiger partial charge in [-0.25, -0.2) is 9.38 Å². The normalized spacial score (nSPS) is 11.8. The van der Waals surface area contributed by atoms with Gasteiger partial charge in [-0.2, -0.15) is 0 Å². The molecular weight excluding hydrogens is 441 g/mol. The molecule has 33 heavy (non-hydrogen) atoms. The van der Waals surface area contributed by atoms with E-state index in [1.807, 2.05) is 40.3 Å². The Morgan fingerprint density at radius 1 is 1.03 bits per heavy atom. The van der Waals surface area contributed by atoms with Crippen LogP contribution in [0.15, 0.2) is 93.7 Å². The fourth-order valence-corrected chi connectivity index (χ4v) is 4.58. The molecule has 0 aliphatic carbocycles. The molecule has 2 aromatic heterocycles. The minimum absolute atomic E-state index is 0.0544. The molecule has 5 rings (SSSR count). The van der Waals surface area contributed by atoms with Gasteiger partial charge in [0.25, 0.3) is 5.69 Å². The van der Waals surface area contributed by atoms with E-state index in [2.05, 4.69) is 4.99 Å². The lowest BCUT2D eigenvalue weighted by molar-refractivity contribution is -0.384. The highest BCUT2D eigenvalue weighted by Crippen LogP contribution is 2.30. The number of aromatic nitrogens is 1. The Bertz CT molecular complexity index is 1480. The third-order valence-corrected chi connectivity index (χ3v) is 6.17. The number of rotatable bonds is 6. The van der Waals surface area contributed by atoms with E-state index in [-0.39, 0.29) is 17.2 Å². The van der Waals surface area contributed by atoms with Gasteiger partial charge < -0.3 is 8.98 Å². The van der Waals surface area contributed by atoms with Gasteiger partial charge in [-0.15, -0.1) is 11.3 Å². The molecule has 0 saturated heterocycles. The Kier molecular flexibility index (Phi) is 5.58. The van der Waals surface area contributed by atoms with Crippen LogP contribution in [0.5, 0.6) is 0 Å². The number of nitro benzene ring substituents is 1. The minimum atomic E-state index is -0.435. The summed E-state index contributed by atoms with van der Waals surface area (Å²) in [7, 11) is 0. The number of furan rings is 1. The molecule has 0 unspecified atom stereocenters. The Balaban J connectivity index is 1.61. The molecule has 0 aliphatic rings. The van der Waals surface area contributed by atoms with Gasteiger partial charge in [0, 0.05) is 23.4 Å². The van der Waals surface area contributed by atoms with Gasteiger partial charge in [0.15, 0.2) is 10.6 Å². The van der Waals surface area contributed by atoms with Gasteiger partial charge in [-0.3, -0.25) is 10.1 Å². The van der Waals surface area contributed by atoms with Crippen LogP contribution in [0.25, 0.3) is 22.4 Å². The zero-order valence-electron chi connectivity index (χ0n) is 17.3. The molecule has 0 spiro atoms. The van der Waals surface area contributed by atoms with Crippen LogP contribution >= 0.6 is 11.3 Å². The van der Waals surface area contributed by atoms with E-state index in [0.717, 1.165) is 22.2 Å². The van der Waals surface area contributed by atoms with Crippen molar-refractivity contribution in [1.29, 1.82) is 0 Å². The van der Waals surface area contributed by atoms with Gasteiger partial charge in [-0.1, -0.05) is 42.5 Å². The van der Waals surface area contributed by atoms with Crippen LogP contribution in [0, 0.1) is 15.9 Å². The first-order valence-electron chi connectivity index (χ1n) is 10.3. The number of aryl methyl sites for hydroxylation is 1. The third-order valence-electron chi connectivity index (χ3n) is 5.31. The van der Waals surface area contributed by atoms with Crippen LogP contribution in [0.2, 0.25) is 0 Å². The molecule has 0 bridgehead atoms. The van der Waals surface area contributed by atoms with Crippen molar-refractivity contribution in [1.82, 2.24) is 4.57 Å². The van der Waals surface area contributed by atoms with E-state index in [1.54, 1.807) is 30.3 Å². The summed E-state index contributed by atoms with van der Waals surface area (Å²) in [6.45, 7) is 0.543. The maximum absolute atomic E-state index is 13.3. The average Bonchev–Trinajstić information content (AvgIpc) is 3.42. The number of hydrogen-bond donors (Lipinski definition) is 0. The van der Waals surface area contributed by atoms with Crippen LogP contribution in [0.4, 0.5) is 15.8 Å². The van der Waals surface area contributed by atoms with Gasteiger partial charge in [-0.05, 0) is 42.3 Å². The van der Waals surface area contributed by atoms with Crippen LogP contribution < -0.4 is 4.80 Å². The molecule has 5 aromatic rings. The molecule has 3 aromatic carbocycles. The molecule has 0 saturated carbocycles. The Labute approximate surface area is 192 Å². The van der Waals surface area contributed by atoms with Crippen molar-refractivity contribution in [2.75, 3.05) is 0 Å². The van der Waals surface area contributed by atoms with Crippen molar-refractivity contribution < 1.29 is 13.7 Å². The minimum Gasteiger partial charge on any atom is -0.454 e. The summed E-state index contributed by atoms with van der Waals surface area (Å²) in [5, 5.41) is 14.4. The number of thiazole rings is 1. The lowest BCUT2D eigenvalue weighted by Crippen LogP contribution is -2.17. The Morgan fingerprint density at radius 3 is 2.58 bits per heavy atom. The highest BCUT2D eigenvalue weighted by molar-refractivity contribution is 7.07. The highest BCUT2D eigenvalue weighted by atomic mass is 32.1. The smallest absolute Gasteiger partial charge is 0.294 e. The van der Waals surface area contributed by atoms with E-state index >= 15 is 0 Å². The zero-order valence-corrected chi connectivity index (χ0v) is 18.2. The third kappa shape index (κ3) is 4.33. The van der Waals surface area contributed by atoms with Crippen molar-refractivity contribution in [3.8, 4) is 11.5 Å². The van der Waals surface area contributed by atoms with Crippen molar-refractivity contribution in [2.24, 2.45) is 4.99 Å². The van der Waals surface area contributed by atoms with E-state index in [0.29, 0.717) is 23.5 Å². The molecule has 0 atom stereocenters. The van der Waals surface area contributed by atoms with E-state index in [4.69, 9.17) is 4.42 Å². The molecular formula is C25H18FN3O3S. The van der Waals surface area contributed by atoms with Crippen LogP contribution in [-0.4, -0.2) is 9.49 Å². The topological polar surface area (TPSA) is 73.6 Å². The highest BCUT2D eigenvalue weighted by Gasteiger charge is 2.16. The quantitative estimate of drug-likeness (QED) is 0.215. The first kappa shape index (κ1) is 20.8. The summed E-state index contributed by atoms with van der Waals surface area (Å²) in [4.78, 5) is 16.3. The summed E-state index contributed by atoms with van der Waals surface area (Å²) in [6.07, 6.45) is 0.633. The molecule has 0 fully saturated rings. The van der Waals surface area contributed by atoms with E-state index in [9.17, 15) is 14.5 Å². The lowest BCUT2D eigenvalue weighted by Gasteiger charge is -2.08. The van der Waals surface area contributed by atoms with Crippen LogP contribution in [0.1, 0.15) is 5.56 Å². The first-order chi connectivity index (χ1) is 16.1. The number of para-hydroxylation sites is 3. The van der Waals surface area contributed by atoms with Gasteiger partial charge in [0.2, 0.25) is 0 Å². The van der Waals surface area contributed by atoms with Crippen molar-refractivity contribution in [2.45, 2.75) is 13.0 Å². The predicted molar refractivity (Wildman–Crippen MR) is 126 cm³/mol. The van der Waals surface area contributed by atoms with E-state index in [1.165, 1.54) is 29.5 Å². The number of hydrogen-bond acceptors (Lipinski definition) is 5. The van der Waals surface area contributed by atoms with Crippen molar-refractivity contribution >= 4 is 33.7 Å². The molecule has 0 radical (unpaired) electrons. The molecule has 0 aliphatic heterocycles. The summed E-state index contributed by atoms with van der Waals surface area (Å²) in [5.41, 5.74) is 2.82. The molecule has 6 nitrogen and oxygen atoms in total. The Morgan fingerprint density at radius 2 is 1.79 bits per heavy atom. The second-order valence-electron chi connectivity index (χ2n) is 7.44. The van der Waals surface area contributed by atoms with Crippen molar-refractivity contribution in [3.63, 3.8) is 0 Å². The number of nitro groups is 1. The Hall–Kier alpha value is -4.04. The molecule has 164 valence electrons. The second kappa shape index (κ2) is 8.84. The largest absolute Gasteiger partial charge is 0.454 e. The lowest BCUT2D eigenvalue weighted by atomic mass is 10.1.